The van der Waals surface area contributed by atoms with Crippen molar-refractivity contribution >= 4 is 20.6 Å². The van der Waals surface area contributed by atoms with Crippen LogP contribution in [0.25, 0.3) is 0 Å². The van der Waals surface area contributed by atoms with Gasteiger partial charge in [0, 0.05) is 138 Å². The zero-order valence-corrected chi connectivity index (χ0v) is 79.3. The van der Waals surface area contributed by atoms with E-state index < -0.39 is 157 Å². The van der Waals surface area contributed by atoms with Gasteiger partial charge in [0.1, 0.15) is 49.0 Å². The largest absolute Gasteiger partial charge is 0.400 e. The lowest BCUT2D eigenvalue weighted by Crippen LogP contribution is -2.40. The highest BCUT2D eigenvalue weighted by Gasteiger charge is 2.52. The monoisotopic (exact) mass is 1900 g/mol. The molecule has 5 aromatic heterocycles. The first-order valence-corrected chi connectivity index (χ1v) is 47.3. The van der Waals surface area contributed by atoms with E-state index in [9.17, 15) is 72.1 Å². The minimum Gasteiger partial charge on any atom is -0.400 e. The van der Waals surface area contributed by atoms with E-state index >= 15 is 0 Å². The van der Waals surface area contributed by atoms with Crippen molar-refractivity contribution in [3.8, 4) is 0 Å². The van der Waals surface area contributed by atoms with E-state index in [2.05, 4.69) is 43.5 Å². The van der Waals surface area contributed by atoms with Crippen LogP contribution in [0.4, 0.5) is 0 Å². The molecule has 0 aliphatic carbocycles. The fraction of sp³-hybridized carbons (Fsp3) is 0.733. The van der Waals surface area contributed by atoms with E-state index in [1.807, 2.05) is 48.5 Å². The lowest BCUT2D eigenvalue weighted by Gasteiger charge is -2.26. The number of nitrogens with one attached hydrogen (secondary N) is 5. The first-order chi connectivity index (χ1) is 61.7. The Morgan fingerprint density at radius 3 is 1.01 bits per heavy atom. The van der Waals surface area contributed by atoms with Crippen molar-refractivity contribution in [3.05, 3.63) is 176 Å². The number of hydrogen-bond donors (Lipinski definition) is 8. The average Bonchev–Trinajstić information content (AvgIpc) is 1.70. The van der Waals surface area contributed by atoms with Gasteiger partial charge in [0.15, 0.2) is 31.1 Å². The molecular formula is C86H146N10O32P2. The number of rotatable bonds is 32. The molecule has 0 spiro atoms. The summed E-state index contributed by atoms with van der Waals surface area (Å²) in [5.74, 6) is 0.283. The van der Waals surface area contributed by atoms with Crippen molar-refractivity contribution in [3.63, 3.8) is 0 Å². The van der Waals surface area contributed by atoms with Crippen molar-refractivity contribution < 1.29 is 108 Å². The molecule has 5 aromatic rings. The van der Waals surface area contributed by atoms with E-state index in [1.54, 1.807) is 95.8 Å². The normalized spacial score (nSPS) is 29.1. The zero-order valence-electron chi connectivity index (χ0n) is 80.5. The van der Waals surface area contributed by atoms with Crippen LogP contribution in [-0.4, -0.2) is 304 Å². The highest BCUT2D eigenvalue weighted by molar-refractivity contribution is 7.63. The number of aliphatic hydroxyl groups excluding tert-OH is 3. The van der Waals surface area contributed by atoms with Gasteiger partial charge in [-0.25, -0.2) is 24.0 Å². The van der Waals surface area contributed by atoms with Crippen LogP contribution in [0.2, 0.25) is 0 Å². The van der Waals surface area contributed by atoms with Crippen LogP contribution in [0.15, 0.2) is 91.6 Å². The molecule has 6 aliphatic rings. The Balaban J connectivity index is 0.000000413. The summed E-state index contributed by atoms with van der Waals surface area (Å²) in [5, 5.41) is 23.1. The fourth-order valence-electron chi connectivity index (χ4n) is 14.7. The molecule has 42 nitrogen and oxygen atoms in total. The molecule has 130 heavy (non-hydrogen) atoms. The number of aromatic nitrogens is 10. The third kappa shape index (κ3) is 30.8. The Kier molecular flexibility index (Phi) is 46.9. The molecule has 0 saturated carbocycles. The van der Waals surface area contributed by atoms with Gasteiger partial charge in [-0.15, -0.1) is 6.58 Å². The van der Waals surface area contributed by atoms with Gasteiger partial charge < -0.3 is 105 Å². The van der Waals surface area contributed by atoms with Crippen molar-refractivity contribution in [2.75, 3.05) is 149 Å². The number of aryl methyl sites for hydroxylation is 5. The van der Waals surface area contributed by atoms with Crippen LogP contribution >= 0.6 is 14.3 Å². The van der Waals surface area contributed by atoms with E-state index in [4.69, 9.17) is 80.0 Å². The number of carbonyl (C=O) groups excluding carboxylic acids is 1. The van der Waals surface area contributed by atoms with Crippen LogP contribution in [0.3, 0.4) is 0 Å². The van der Waals surface area contributed by atoms with Gasteiger partial charge in [-0.2, -0.15) is 0 Å². The van der Waals surface area contributed by atoms with E-state index in [-0.39, 0.29) is 94.9 Å². The molecule has 11 rings (SSSR count). The van der Waals surface area contributed by atoms with Crippen LogP contribution in [0, 0.1) is 70.1 Å². The van der Waals surface area contributed by atoms with Crippen LogP contribution < -0.4 is 56.2 Å². The predicted molar refractivity (Wildman–Crippen MR) is 487 cm³/mol. The van der Waals surface area contributed by atoms with Crippen molar-refractivity contribution in [2.24, 2.45) is 35.5 Å². The van der Waals surface area contributed by atoms with Crippen molar-refractivity contribution in [2.45, 2.75) is 227 Å². The number of carbonyl (C=O) groups is 1. The van der Waals surface area contributed by atoms with Gasteiger partial charge in [-0.3, -0.25) is 71.7 Å². The number of aliphatic hydroxyl groups is 3. The van der Waals surface area contributed by atoms with Gasteiger partial charge in [-0.05, 0) is 80.0 Å². The number of methoxy groups -OCH3 is 5. The number of ether oxygens (including phenoxy) is 16. The summed E-state index contributed by atoms with van der Waals surface area (Å²) >= 11 is 0. The maximum Gasteiger partial charge on any atom is 0.330 e. The second kappa shape index (κ2) is 54.8. The minimum absolute atomic E-state index is 0. The Morgan fingerprint density at radius 1 is 0.477 bits per heavy atom. The number of aromatic amines is 5. The summed E-state index contributed by atoms with van der Waals surface area (Å²) in [4.78, 5) is 141. The summed E-state index contributed by atoms with van der Waals surface area (Å²) in [7, 11) is 4.31. The molecule has 0 aromatic carbocycles. The standard InChI is InChI=1S/2C17H29N2O6P.C14H22N2O6.C14H20N2O6.C13H20N2O6.C8H14O.CH4O.2CH4/c2*1-10-9-19(17(21)18-15(10)20)16-14(24-8-7-23-4)11(2)13(25-16)12(3)26(5,6)22;2*1-8-6-16(14(19)15-12(8)18)13-11(21-5-4-20-3)9(2)10(7-17)22-13;1-7-6-15(13(18)14-11(7)17)12-10(20-5-4-19-3)9(16)8(2)21-12;1-4-8-7(3)6(2)5-9-8;1-2;;/h2*9,11-14,16H,7-8H2,1-6H3,(H,18,20,21);6,9-11,13,17H,4-5,7H2,1-3H3,(H,15,18,19);6-7,9-11,13H,4-5H2,1-3H3,(H,15,18,19);6,8-10,12,16H,4-5H2,1-3H3,(H,14,17,18);4,6-8H,1,5H2,2-3H3;2H,1H3;2*1H4/t11-,12+,13+,14-,16-;11-,12-,13+,14-,16-;2*9-,10-,11-,13-;8-,9-,10-,12-;6-,7-,8+;;;/m111110.../s1/i;;;;2D;5T;2T;;/t;;;;m;5-,6+,7+,8-;;;/m....11.... The molecule has 0 bridgehead atoms. The molecule has 11 heterocycles. The molecule has 0 radical (unpaired) electrons. The Labute approximate surface area is 761 Å². The smallest absolute Gasteiger partial charge is 0.330 e. The van der Waals surface area contributed by atoms with Crippen LogP contribution in [0.1, 0.15) is 139 Å². The van der Waals surface area contributed by atoms with Crippen molar-refractivity contribution in [1.29, 1.82) is 1.43 Å². The summed E-state index contributed by atoms with van der Waals surface area (Å²) in [6, 6.07) is 0. The number of hydrogen-bond acceptors (Lipinski definition) is 32. The SMILES string of the molecule is C.C.COCCO[C@@H]1[C@H](C)[C@@H](C=O)O[C@H]1n1cc(C)c(=O)[nH]c1=O.COCCO[C@@H]1[C@H](C)[C@@H](CO)O[C@H]1n1cc(C)c(=O)[nH]c1=O.COCCO[C@@H]1[C@H](C)[C@@H]([C@@H](C)P(C)(C)=O)O[C@H]1n1cc(C)c(=O)[nH]c1=O.COCCO[C@@H]1[C@H](C)[C@@H]([C@H](C)P(C)(C)=O)O[C@H]1n1cc(C)c(=O)[nH]c1=O.[2H]C[C@H]1O[C@@H](n2cc(C)c(=O)[nH]c2=O)[C@H](OCCOC)[C@@H]1O.[3H]OC.[3H][C@H]1O[C@H](C=C)[C@@H](C)[C@H]1C. The predicted octanol–water partition coefficient (Wildman–Crippen LogP) is 3.73. The molecule has 0 amide bonds. The molecule has 742 valence electrons. The first-order valence-electron chi connectivity index (χ1n) is 43.6. The number of nitrogens with zero attached hydrogens (tertiary/aromatic N) is 5. The second-order valence-electron chi connectivity index (χ2n) is 32.9. The van der Waals surface area contributed by atoms with E-state index in [0.717, 1.165) is 0 Å². The quantitative estimate of drug-likeness (QED) is 0.0132. The lowest BCUT2D eigenvalue weighted by atomic mass is 9.95. The summed E-state index contributed by atoms with van der Waals surface area (Å²) in [6.07, 6.45) is -0.184. The highest BCUT2D eigenvalue weighted by Crippen LogP contribution is 2.52. The molecule has 44 heteroatoms. The summed E-state index contributed by atoms with van der Waals surface area (Å²) in [5.41, 5.74) is -3.57. The van der Waals surface area contributed by atoms with Gasteiger partial charge in [-0.1, -0.05) is 76.3 Å². The molecule has 0 unspecified atom stereocenters. The fourth-order valence-corrected chi connectivity index (χ4v) is 16.8. The van der Waals surface area contributed by atoms with Gasteiger partial charge in [0.05, 0.1) is 125 Å². The second-order valence-corrected chi connectivity index (χ2v) is 40.3. The zero-order chi connectivity index (χ0) is 98.5. The Bertz CT molecular complexity index is 4910. The summed E-state index contributed by atoms with van der Waals surface area (Å²) < 4.78 is 140. The Hall–Kier alpha value is -7.49. The van der Waals surface area contributed by atoms with E-state index in [1.165, 1.54) is 68.0 Å². The lowest BCUT2D eigenvalue weighted by molar-refractivity contribution is -0.122. The number of aldehydes is 1. The molecule has 8 N–H and O–H groups in total. The average molecular weight is 1900 g/mol. The van der Waals surface area contributed by atoms with Crippen LogP contribution in [0.5, 0.6) is 0 Å². The maximum atomic E-state index is 12.6. The molecule has 6 saturated heterocycles. The molecular weight excluding hydrogens is 1750 g/mol. The van der Waals surface area contributed by atoms with Gasteiger partial charge in [0.2, 0.25) is 1.43 Å². The molecule has 6 fully saturated rings. The molecule has 6 aliphatic heterocycles. The molecule has 26 atom stereocenters. The van der Waals surface area contributed by atoms with Crippen molar-refractivity contribution in [1.82, 2.24) is 47.8 Å². The first kappa shape index (κ1) is 111. The maximum absolute atomic E-state index is 12.6. The highest BCUT2D eigenvalue weighted by atomic mass is 31.2. The van der Waals surface area contributed by atoms with Crippen LogP contribution in [-0.2, 0) is 89.7 Å². The van der Waals surface area contributed by atoms with Gasteiger partial charge in [0.25, 0.3) is 27.8 Å². The third-order valence-corrected chi connectivity index (χ3v) is 27.7. The van der Waals surface area contributed by atoms with E-state index in [0.29, 0.717) is 105 Å². The minimum atomic E-state index is -2.40. The summed E-state index contributed by atoms with van der Waals surface area (Å²) in [6.45, 7) is 37.0. The topological polar surface area (TPSA) is 534 Å². The van der Waals surface area contributed by atoms with Gasteiger partial charge >= 0.3 is 28.4 Å². The third-order valence-electron chi connectivity index (χ3n) is 23.2. The Morgan fingerprint density at radius 2 is 0.754 bits per heavy atom. The number of H-pyrrole nitrogens is 5.